The number of H-pyrrole nitrogens is 1. The summed E-state index contributed by atoms with van der Waals surface area (Å²) in [6.07, 6.45) is 5.72. The first-order chi connectivity index (χ1) is 14.5. The normalized spacial score (nSPS) is 15.7. The summed E-state index contributed by atoms with van der Waals surface area (Å²) in [7, 11) is -3.70. The zero-order valence-corrected chi connectivity index (χ0v) is 18.1. The van der Waals surface area contributed by atoms with Gasteiger partial charge in [-0.2, -0.15) is 4.31 Å². The Bertz CT molecular complexity index is 1180. The Balaban J connectivity index is 1.76. The van der Waals surface area contributed by atoms with E-state index in [4.69, 9.17) is 0 Å². The molecule has 1 aromatic heterocycles. The van der Waals surface area contributed by atoms with Gasteiger partial charge < -0.3 is 4.98 Å². The Labute approximate surface area is 177 Å². The summed E-state index contributed by atoms with van der Waals surface area (Å²) in [5, 5.41) is 0.935. The van der Waals surface area contributed by atoms with Crippen LogP contribution in [0.4, 0.5) is 0 Å². The summed E-state index contributed by atoms with van der Waals surface area (Å²) in [6, 6.07) is 16.3. The third-order valence-corrected chi connectivity index (χ3v) is 7.96. The molecule has 3 aromatic rings. The van der Waals surface area contributed by atoms with Crippen LogP contribution in [0.25, 0.3) is 10.9 Å². The van der Waals surface area contributed by atoms with Gasteiger partial charge in [-0.25, -0.2) is 8.42 Å². The Morgan fingerprint density at radius 3 is 2.43 bits per heavy atom. The molecule has 0 radical (unpaired) electrons. The second-order valence-corrected chi connectivity index (χ2v) is 9.94. The van der Waals surface area contributed by atoms with Gasteiger partial charge in [0.15, 0.2) is 0 Å². The Morgan fingerprint density at radius 2 is 1.73 bits per heavy atom. The second kappa shape index (κ2) is 8.74. The Kier molecular flexibility index (Phi) is 6.06. The highest BCUT2D eigenvalue weighted by Gasteiger charge is 2.33. The predicted octanol–water partition coefficient (Wildman–Crippen LogP) is 4.61. The van der Waals surface area contributed by atoms with Crippen molar-refractivity contribution in [1.29, 1.82) is 0 Å². The first-order valence-electron chi connectivity index (χ1n) is 10.7. The Morgan fingerprint density at radius 1 is 1.00 bits per heavy atom. The smallest absolute Gasteiger partial charge is 0.252 e. The van der Waals surface area contributed by atoms with Crippen molar-refractivity contribution in [2.75, 3.05) is 0 Å². The van der Waals surface area contributed by atoms with Crippen LogP contribution in [0, 0.1) is 0 Å². The van der Waals surface area contributed by atoms with Crippen molar-refractivity contribution in [3.8, 4) is 0 Å². The molecule has 158 valence electrons. The van der Waals surface area contributed by atoms with E-state index in [-0.39, 0.29) is 23.0 Å². The molecule has 5 nitrogen and oxygen atoms in total. The summed E-state index contributed by atoms with van der Waals surface area (Å²) >= 11 is 0. The molecule has 0 amide bonds. The van der Waals surface area contributed by atoms with Gasteiger partial charge in [-0.15, -0.1) is 0 Å². The fourth-order valence-electron chi connectivity index (χ4n) is 4.31. The maximum Gasteiger partial charge on any atom is 0.252 e. The zero-order chi connectivity index (χ0) is 21.1. The average molecular weight is 425 g/mol. The van der Waals surface area contributed by atoms with Crippen LogP contribution in [0.5, 0.6) is 0 Å². The van der Waals surface area contributed by atoms with Crippen molar-refractivity contribution in [2.24, 2.45) is 0 Å². The van der Waals surface area contributed by atoms with Gasteiger partial charge in [-0.05, 0) is 60.5 Å². The van der Waals surface area contributed by atoms with Crippen LogP contribution in [-0.4, -0.2) is 23.7 Å². The van der Waals surface area contributed by atoms with Gasteiger partial charge in [0.05, 0.1) is 4.90 Å². The number of aryl methyl sites for hydroxylation is 1. The summed E-state index contributed by atoms with van der Waals surface area (Å²) in [5.74, 6) is 0. The minimum atomic E-state index is -3.70. The molecule has 4 rings (SSSR count). The standard InChI is InChI=1S/C24H28N2O3S/c1-2-18-13-14-23-19(15-18)16-20(24(27)25-23)17-26(21-9-5-3-6-10-21)30(28,29)22-11-7-4-8-12-22/h4,7-8,11-16,21H,2-3,5-6,9-10,17H2,1H3,(H,25,27). The van der Waals surface area contributed by atoms with Crippen LogP contribution in [-0.2, 0) is 23.0 Å². The first kappa shape index (κ1) is 20.8. The molecule has 6 heteroatoms. The number of sulfonamides is 1. The molecule has 1 aliphatic carbocycles. The highest BCUT2D eigenvalue weighted by Crippen LogP contribution is 2.29. The van der Waals surface area contributed by atoms with Crippen molar-refractivity contribution in [3.05, 3.63) is 76.1 Å². The van der Waals surface area contributed by atoms with E-state index in [1.807, 2.05) is 24.3 Å². The van der Waals surface area contributed by atoms with E-state index in [1.165, 1.54) is 5.56 Å². The van der Waals surface area contributed by atoms with Gasteiger partial charge in [0, 0.05) is 23.7 Å². The summed E-state index contributed by atoms with van der Waals surface area (Å²) in [6.45, 7) is 2.18. The van der Waals surface area contributed by atoms with Gasteiger partial charge >= 0.3 is 0 Å². The topological polar surface area (TPSA) is 70.2 Å². The molecule has 1 heterocycles. The molecule has 0 spiro atoms. The molecule has 0 aliphatic heterocycles. The third kappa shape index (κ3) is 4.20. The highest BCUT2D eigenvalue weighted by atomic mass is 32.2. The maximum atomic E-state index is 13.5. The molecule has 30 heavy (non-hydrogen) atoms. The lowest BCUT2D eigenvalue weighted by Crippen LogP contribution is -2.42. The molecule has 1 saturated carbocycles. The molecule has 0 atom stereocenters. The molecule has 2 aromatic carbocycles. The fraction of sp³-hybridized carbons (Fsp3) is 0.375. The van der Waals surface area contributed by atoms with Gasteiger partial charge in [0.1, 0.15) is 0 Å². The molecular weight excluding hydrogens is 396 g/mol. The number of hydrogen-bond acceptors (Lipinski definition) is 3. The number of pyridine rings is 1. The number of rotatable bonds is 6. The average Bonchev–Trinajstić information content (AvgIpc) is 2.78. The predicted molar refractivity (Wildman–Crippen MR) is 120 cm³/mol. The second-order valence-electron chi connectivity index (χ2n) is 8.05. The van der Waals surface area contributed by atoms with E-state index in [1.54, 1.807) is 28.6 Å². The molecular formula is C24H28N2O3S. The molecule has 1 fully saturated rings. The van der Waals surface area contributed by atoms with Gasteiger partial charge in [0.25, 0.3) is 5.56 Å². The van der Waals surface area contributed by atoms with Crippen LogP contribution < -0.4 is 5.56 Å². The lowest BCUT2D eigenvalue weighted by atomic mass is 9.95. The number of aromatic nitrogens is 1. The van der Waals surface area contributed by atoms with E-state index >= 15 is 0 Å². The fourth-order valence-corrected chi connectivity index (χ4v) is 6.00. The van der Waals surface area contributed by atoms with Crippen LogP contribution in [0.3, 0.4) is 0 Å². The molecule has 0 saturated heterocycles. The highest BCUT2D eigenvalue weighted by molar-refractivity contribution is 7.89. The lowest BCUT2D eigenvalue weighted by molar-refractivity contribution is 0.247. The molecule has 1 N–H and O–H groups in total. The largest absolute Gasteiger partial charge is 0.322 e. The summed E-state index contributed by atoms with van der Waals surface area (Å²) in [4.78, 5) is 16.0. The molecule has 0 unspecified atom stereocenters. The van der Waals surface area contributed by atoms with E-state index in [0.717, 1.165) is 49.4 Å². The number of aromatic amines is 1. The SMILES string of the molecule is CCc1ccc2[nH]c(=O)c(CN(C3CCCCC3)S(=O)(=O)c3ccccc3)cc2c1. The quantitative estimate of drug-likeness (QED) is 0.628. The summed E-state index contributed by atoms with van der Waals surface area (Å²) < 4.78 is 28.6. The number of hydrogen-bond donors (Lipinski definition) is 1. The van der Waals surface area contributed by atoms with Crippen molar-refractivity contribution >= 4 is 20.9 Å². The number of fused-ring (bicyclic) bond motifs is 1. The van der Waals surface area contributed by atoms with Crippen LogP contribution in [0.1, 0.15) is 50.2 Å². The number of nitrogens with zero attached hydrogens (tertiary/aromatic N) is 1. The van der Waals surface area contributed by atoms with E-state index in [9.17, 15) is 13.2 Å². The monoisotopic (exact) mass is 424 g/mol. The van der Waals surface area contributed by atoms with Gasteiger partial charge in [-0.1, -0.05) is 50.5 Å². The van der Waals surface area contributed by atoms with Crippen molar-refractivity contribution in [3.63, 3.8) is 0 Å². The molecule has 1 aliphatic rings. The van der Waals surface area contributed by atoms with Crippen molar-refractivity contribution in [1.82, 2.24) is 9.29 Å². The van der Waals surface area contributed by atoms with Gasteiger partial charge in [-0.3, -0.25) is 4.79 Å². The van der Waals surface area contributed by atoms with Crippen LogP contribution >= 0.6 is 0 Å². The third-order valence-electron chi connectivity index (χ3n) is 6.05. The van der Waals surface area contributed by atoms with Gasteiger partial charge in [0.2, 0.25) is 10.0 Å². The summed E-state index contributed by atoms with van der Waals surface area (Å²) in [5.41, 5.74) is 2.22. The number of benzene rings is 2. The van der Waals surface area contributed by atoms with E-state index in [0.29, 0.717) is 5.56 Å². The van der Waals surface area contributed by atoms with Crippen LogP contribution in [0.2, 0.25) is 0 Å². The zero-order valence-electron chi connectivity index (χ0n) is 17.3. The van der Waals surface area contributed by atoms with E-state index in [2.05, 4.69) is 18.0 Å². The minimum Gasteiger partial charge on any atom is -0.322 e. The number of nitrogens with one attached hydrogen (secondary N) is 1. The van der Waals surface area contributed by atoms with Crippen molar-refractivity contribution in [2.45, 2.75) is 62.9 Å². The lowest BCUT2D eigenvalue weighted by Gasteiger charge is -2.33. The maximum absolute atomic E-state index is 13.5. The van der Waals surface area contributed by atoms with Crippen molar-refractivity contribution < 1.29 is 8.42 Å². The minimum absolute atomic E-state index is 0.0824. The Hall–Kier alpha value is -2.44. The van der Waals surface area contributed by atoms with E-state index < -0.39 is 10.0 Å². The molecule has 0 bridgehead atoms. The van der Waals surface area contributed by atoms with Crippen LogP contribution in [0.15, 0.2) is 64.3 Å². The first-order valence-corrected chi connectivity index (χ1v) is 12.1.